The van der Waals surface area contributed by atoms with Gasteiger partial charge in [-0.15, -0.1) is 0 Å². The minimum atomic E-state index is 0.0578. The molecule has 2 heterocycles. The minimum Gasteiger partial charge on any atom is -0.325 e. The van der Waals surface area contributed by atoms with Gasteiger partial charge in [-0.3, -0.25) is 19.6 Å². The first-order valence-corrected chi connectivity index (χ1v) is 8.41. The zero-order chi connectivity index (χ0) is 16.8. The van der Waals surface area contributed by atoms with E-state index < -0.39 is 0 Å². The van der Waals surface area contributed by atoms with Crippen LogP contribution >= 0.6 is 0 Å². The number of carbonyl (C=O) groups excluding carboxylic acids is 1. The molecule has 0 spiro atoms. The summed E-state index contributed by atoms with van der Waals surface area (Å²) in [7, 11) is 0. The second-order valence-corrected chi connectivity index (χ2v) is 6.24. The number of hydrogen-bond acceptors (Lipinski definition) is 4. The Balaban J connectivity index is 1.43. The molecule has 0 aliphatic carbocycles. The number of benzene rings is 1. The van der Waals surface area contributed by atoms with Crippen molar-refractivity contribution in [3.05, 3.63) is 59.9 Å². The van der Waals surface area contributed by atoms with E-state index in [0.29, 0.717) is 6.54 Å². The molecule has 2 aromatic rings. The normalized spacial score (nSPS) is 16.0. The highest BCUT2D eigenvalue weighted by Crippen LogP contribution is 2.13. The van der Waals surface area contributed by atoms with Crippen LogP contribution in [0.4, 0.5) is 5.69 Å². The largest absolute Gasteiger partial charge is 0.325 e. The fraction of sp³-hybridized carbons (Fsp3) is 0.368. The monoisotopic (exact) mass is 324 g/mol. The van der Waals surface area contributed by atoms with Crippen molar-refractivity contribution in [2.45, 2.75) is 13.5 Å². The lowest BCUT2D eigenvalue weighted by Gasteiger charge is -2.34. The maximum absolute atomic E-state index is 12.2. The molecule has 1 fully saturated rings. The summed E-state index contributed by atoms with van der Waals surface area (Å²) < 4.78 is 0. The third-order valence-corrected chi connectivity index (χ3v) is 4.36. The van der Waals surface area contributed by atoms with Crippen molar-refractivity contribution in [3.63, 3.8) is 0 Å². The molecule has 1 aromatic heterocycles. The Morgan fingerprint density at radius 2 is 1.75 bits per heavy atom. The summed E-state index contributed by atoms with van der Waals surface area (Å²) in [4.78, 5) is 21.2. The van der Waals surface area contributed by atoms with Crippen LogP contribution in [0.5, 0.6) is 0 Å². The maximum atomic E-state index is 12.2. The Morgan fingerprint density at radius 3 is 2.46 bits per heavy atom. The molecule has 24 heavy (non-hydrogen) atoms. The second kappa shape index (κ2) is 8.04. The fourth-order valence-electron chi connectivity index (χ4n) is 2.93. The Bertz CT molecular complexity index is 666. The van der Waals surface area contributed by atoms with Gasteiger partial charge in [0.15, 0.2) is 0 Å². The molecular weight excluding hydrogens is 300 g/mol. The maximum Gasteiger partial charge on any atom is 0.238 e. The van der Waals surface area contributed by atoms with Gasteiger partial charge in [0.05, 0.1) is 12.2 Å². The number of hydrogen-bond donors (Lipinski definition) is 1. The lowest BCUT2D eigenvalue weighted by molar-refractivity contribution is -0.117. The van der Waals surface area contributed by atoms with Crippen molar-refractivity contribution in [3.8, 4) is 0 Å². The number of nitrogens with zero attached hydrogens (tertiary/aromatic N) is 3. The van der Waals surface area contributed by atoms with Gasteiger partial charge in [-0.05, 0) is 30.7 Å². The number of carbonyl (C=O) groups is 1. The van der Waals surface area contributed by atoms with E-state index in [2.05, 4.69) is 26.2 Å². The van der Waals surface area contributed by atoms with Crippen molar-refractivity contribution in [1.29, 1.82) is 0 Å². The lowest BCUT2D eigenvalue weighted by atomic mass is 10.2. The van der Waals surface area contributed by atoms with E-state index in [1.54, 1.807) is 0 Å². The van der Waals surface area contributed by atoms with Crippen LogP contribution in [-0.4, -0.2) is 53.4 Å². The lowest BCUT2D eigenvalue weighted by Crippen LogP contribution is -2.48. The van der Waals surface area contributed by atoms with Gasteiger partial charge in [-0.25, -0.2) is 0 Å². The van der Waals surface area contributed by atoms with Gasteiger partial charge in [0.25, 0.3) is 0 Å². The van der Waals surface area contributed by atoms with E-state index in [-0.39, 0.29) is 5.91 Å². The number of amides is 1. The summed E-state index contributed by atoms with van der Waals surface area (Å²) >= 11 is 0. The van der Waals surface area contributed by atoms with E-state index in [0.717, 1.165) is 49.7 Å². The number of aromatic nitrogens is 1. The average Bonchev–Trinajstić information content (AvgIpc) is 2.60. The Kier molecular flexibility index (Phi) is 5.56. The average molecular weight is 324 g/mol. The van der Waals surface area contributed by atoms with Crippen LogP contribution in [0.25, 0.3) is 0 Å². The molecular formula is C19H24N4O. The molecule has 3 rings (SSSR count). The first-order chi connectivity index (χ1) is 11.7. The number of pyridine rings is 1. The van der Waals surface area contributed by atoms with Crippen molar-refractivity contribution in [2.24, 2.45) is 0 Å². The number of rotatable bonds is 5. The van der Waals surface area contributed by atoms with E-state index in [1.165, 1.54) is 0 Å². The van der Waals surface area contributed by atoms with Gasteiger partial charge in [0.2, 0.25) is 5.91 Å². The Morgan fingerprint density at radius 1 is 1.04 bits per heavy atom. The van der Waals surface area contributed by atoms with E-state index in [4.69, 9.17) is 0 Å². The third-order valence-electron chi connectivity index (χ3n) is 4.36. The highest BCUT2D eigenvalue weighted by Gasteiger charge is 2.19. The zero-order valence-corrected chi connectivity index (χ0v) is 14.1. The van der Waals surface area contributed by atoms with Crippen LogP contribution in [-0.2, 0) is 11.3 Å². The SMILES string of the molecule is Cc1ccccc1NC(=O)CN1CCN(Cc2ccccn2)CC1. The number of para-hydroxylation sites is 1. The molecule has 0 atom stereocenters. The van der Waals surface area contributed by atoms with Gasteiger partial charge in [0.1, 0.15) is 0 Å². The molecule has 0 unspecified atom stereocenters. The van der Waals surface area contributed by atoms with Crippen LogP contribution in [0.2, 0.25) is 0 Å². The zero-order valence-electron chi connectivity index (χ0n) is 14.1. The quantitative estimate of drug-likeness (QED) is 0.915. The molecule has 1 aromatic carbocycles. The van der Waals surface area contributed by atoms with Crippen LogP contribution < -0.4 is 5.32 Å². The summed E-state index contributed by atoms with van der Waals surface area (Å²) in [5, 5.41) is 3.00. The molecule has 5 heteroatoms. The topological polar surface area (TPSA) is 48.5 Å². The summed E-state index contributed by atoms with van der Waals surface area (Å²) in [5.41, 5.74) is 3.09. The number of piperazine rings is 1. The fourth-order valence-corrected chi connectivity index (χ4v) is 2.93. The molecule has 1 aliphatic heterocycles. The molecule has 0 saturated carbocycles. The summed E-state index contributed by atoms with van der Waals surface area (Å²) in [5.74, 6) is 0.0578. The number of aryl methyl sites for hydroxylation is 1. The molecule has 1 aliphatic rings. The van der Waals surface area contributed by atoms with E-state index >= 15 is 0 Å². The standard InChI is InChI=1S/C19H24N4O/c1-16-6-2-3-8-18(16)21-19(24)15-23-12-10-22(11-13-23)14-17-7-4-5-9-20-17/h2-9H,10-15H2,1H3,(H,21,24). The van der Waals surface area contributed by atoms with Crippen molar-refractivity contribution in [2.75, 3.05) is 38.0 Å². The Hall–Kier alpha value is -2.24. The van der Waals surface area contributed by atoms with E-state index in [9.17, 15) is 4.79 Å². The van der Waals surface area contributed by atoms with Gasteiger partial charge >= 0.3 is 0 Å². The molecule has 1 amide bonds. The van der Waals surface area contributed by atoms with Crippen LogP contribution in [0, 0.1) is 6.92 Å². The second-order valence-electron chi connectivity index (χ2n) is 6.24. The predicted octanol–water partition coefficient (Wildman–Crippen LogP) is 2.15. The number of anilines is 1. The minimum absolute atomic E-state index is 0.0578. The van der Waals surface area contributed by atoms with Crippen LogP contribution in [0.1, 0.15) is 11.3 Å². The molecule has 5 nitrogen and oxygen atoms in total. The number of nitrogens with one attached hydrogen (secondary N) is 1. The summed E-state index contributed by atoms with van der Waals surface area (Å²) in [6.07, 6.45) is 1.83. The highest BCUT2D eigenvalue weighted by molar-refractivity contribution is 5.92. The molecule has 126 valence electrons. The summed E-state index contributed by atoms with van der Waals surface area (Å²) in [6, 6.07) is 13.9. The Labute approximate surface area is 143 Å². The van der Waals surface area contributed by atoms with Crippen LogP contribution in [0.3, 0.4) is 0 Å². The highest BCUT2D eigenvalue weighted by atomic mass is 16.2. The summed E-state index contributed by atoms with van der Waals surface area (Å²) in [6.45, 7) is 7.09. The van der Waals surface area contributed by atoms with Gasteiger partial charge in [-0.2, -0.15) is 0 Å². The van der Waals surface area contributed by atoms with Crippen molar-refractivity contribution in [1.82, 2.24) is 14.8 Å². The smallest absolute Gasteiger partial charge is 0.238 e. The van der Waals surface area contributed by atoms with Crippen LogP contribution in [0.15, 0.2) is 48.7 Å². The molecule has 1 saturated heterocycles. The third kappa shape index (κ3) is 4.63. The van der Waals surface area contributed by atoms with Gasteiger partial charge in [0, 0.05) is 44.6 Å². The molecule has 0 radical (unpaired) electrons. The van der Waals surface area contributed by atoms with E-state index in [1.807, 2.05) is 49.5 Å². The van der Waals surface area contributed by atoms with Gasteiger partial charge in [-0.1, -0.05) is 24.3 Å². The first-order valence-electron chi connectivity index (χ1n) is 8.41. The predicted molar refractivity (Wildman–Crippen MR) is 95.8 cm³/mol. The van der Waals surface area contributed by atoms with Gasteiger partial charge < -0.3 is 5.32 Å². The van der Waals surface area contributed by atoms with Crippen molar-refractivity contribution >= 4 is 11.6 Å². The van der Waals surface area contributed by atoms with Crippen molar-refractivity contribution < 1.29 is 4.79 Å². The molecule has 1 N–H and O–H groups in total. The molecule has 0 bridgehead atoms. The first kappa shape index (κ1) is 16.6.